The molecular weight excluding hydrogens is 358 g/mol. The van der Waals surface area contributed by atoms with Gasteiger partial charge >= 0.3 is 5.97 Å². The fourth-order valence-electron chi connectivity index (χ4n) is 4.25. The van der Waals surface area contributed by atoms with E-state index in [9.17, 15) is 4.79 Å². The molecule has 1 aliphatic heterocycles. The van der Waals surface area contributed by atoms with Gasteiger partial charge in [0, 0.05) is 23.5 Å². The Morgan fingerprint density at radius 1 is 1.19 bits per heavy atom. The highest BCUT2D eigenvalue weighted by molar-refractivity contribution is 6.73. The van der Waals surface area contributed by atoms with Crippen molar-refractivity contribution < 1.29 is 18.7 Å². The maximum Gasteiger partial charge on any atom is 0.339 e. The predicted molar refractivity (Wildman–Crippen MR) is 107 cm³/mol. The summed E-state index contributed by atoms with van der Waals surface area (Å²) in [6.07, 6.45) is 6.59. The zero-order valence-corrected chi connectivity index (χ0v) is 18.0. The second-order valence-corrected chi connectivity index (χ2v) is 12.2. The van der Waals surface area contributed by atoms with Gasteiger partial charge in [0.25, 0.3) is 14.3 Å². The van der Waals surface area contributed by atoms with E-state index in [4.69, 9.17) is 13.9 Å². The summed E-state index contributed by atoms with van der Waals surface area (Å²) < 4.78 is 18.4. The van der Waals surface area contributed by atoms with E-state index < -0.39 is 13.9 Å². The number of aromatic nitrogens is 1. The first-order chi connectivity index (χ1) is 13.0. The molecule has 148 valence electrons. The van der Waals surface area contributed by atoms with Gasteiger partial charge in [0.15, 0.2) is 0 Å². The monoisotopic (exact) mass is 389 g/mol. The summed E-state index contributed by atoms with van der Waals surface area (Å²) in [5, 5.41) is 0. The Hall–Kier alpha value is -1.82. The van der Waals surface area contributed by atoms with Crippen molar-refractivity contribution in [1.29, 1.82) is 0 Å². The Morgan fingerprint density at radius 3 is 2.44 bits per heavy atom. The van der Waals surface area contributed by atoms with Crippen LogP contribution < -0.4 is 0 Å². The van der Waals surface area contributed by atoms with E-state index in [0.29, 0.717) is 12.2 Å². The molecule has 1 aromatic heterocycles. The summed E-state index contributed by atoms with van der Waals surface area (Å²) in [5.41, 5.74) is 2.29. The van der Waals surface area contributed by atoms with Crippen LogP contribution in [0.4, 0.5) is 0 Å². The number of nitrogens with zero attached hydrogens (tertiary/aromatic N) is 1. The standard InChI is InChI=1S/C21H31NO4Si/c1-5-24-20(26-27(6-2,7-3)8-4)16-9-12-21(13-10-16)18-15-22-14-11-17(18)19(23)25-21/h11,14-15H,5-10,12-13H2,1-4H3. The lowest BCUT2D eigenvalue weighted by molar-refractivity contribution is -0.0242. The highest BCUT2D eigenvalue weighted by Crippen LogP contribution is 2.48. The molecule has 0 bridgehead atoms. The van der Waals surface area contributed by atoms with Crippen LogP contribution in [0.1, 0.15) is 69.3 Å². The number of carbonyl (C=O) groups is 1. The van der Waals surface area contributed by atoms with Crippen molar-refractivity contribution >= 4 is 14.3 Å². The number of rotatable bonds is 7. The highest BCUT2D eigenvalue weighted by Gasteiger charge is 2.47. The number of pyridine rings is 1. The lowest BCUT2D eigenvalue weighted by atomic mass is 9.78. The molecule has 6 heteroatoms. The SMILES string of the molecule is CCOC(O[Si](CC)(CC)CC)=C1CCC2(CC1)OC(=O)c1ccncc12. The van der Waals surface area contributed by atoms with Crippen LogP contribution in [-0.4, -0.2) is 25.9 Å². The van der Waals surface area contributed by atoms with Gasteiger partial charge in [0.05, 0.1) is 12.2 Å². The third-order valence-electron chi connectivity index (χ3n) is 6.29. The van der Waals surface area contributed by atoms with E-state index in [1.165, 1.54) is 5.57 Å². The Bertz CT molecular complexity index is 708. The number of hydrogen-bond donors (Lipinski definition) is 0. The first kappa shape index (κ1) is 19.9. The second kappa shape index (κ2) is 8.05. The van der Waals surface area contributed by atoms with E-state index in [1.807, 2.05) is 6.92 Å². The number of carbonyl (C=O) groups excluding carboxylic acids is 1. The van der Waals surface area contributed by atoms with Crippen molar-refractivity contribution in [2.45, 2.75) is 77.1 Å². The van der Waals surface area contributed by atoms with Gasteiger partial charge in [-0.05, 0) is 56.8 Å². The third kappa shape index (κ3) is 3.64. The first-order valence-corrected chi connectivity index (χ1v) is 12.8. The van der Waals surface area contributed by atoms with Crippen molar-refractivity contribution in [3.8, 4) is 0 Å². The molecule has 1 saturated carbocycles. The van der Waals surface area contributed by atoms with Crippen LogP contribution >= 0.6 is 0 Å². The van der Waals surface area contributed by atoms with Gasteiger partial charge in [-0.15, -0.1) is 0 Å². The van der Waals surface area contributed by atoms with Gasteiger partial charge in [0.1, 0.15) is 5.60 Å². The van der Waals surface area contributed by atoms with Crippen molar-refractivity contribution in [3.05, 3.63) is 41.1 Å². The largest absolute Gasteiger partial charge is 0.519 e. The summed E-state index contributed by atoms with van der Waals surface area (Å²) in [6.45, 7) is 9.29. The Labute approximate surface area is 163 Å². The molecule has 0 atom stereocenters. The summed E-state index contributed by atoms with van der Waals surface area (Å²) in [7, 11) is -1.79. The zero-order chi connectivity index (χ0) is 19.5. The van der Waals surface area contributed by atoms with Crippen LogP contribution in [0.3, 0.4) is 0 Å². The van der Waals surface area contributed by atoms with Gasteiger partial charge in [-0.25, -0.2) is 4.79 Å². The Morgan fingerprint density at radius 2 is 1.85 bits per heavy atom. The number of allylic oxidation sites excluding steroid dienone is 1. The molecule has 0 N–H and O–H groups in total. The van der Waals surface area contributed by atoms with E-state index in [1.54, 1.807) is 18.5 Å². The van der Waals surface area contributed by atoms with E-state index in [2.05, 4.69) is 25.8 Å². The number of esters is 1. The highest BCUT2D eigenvalue weighted by atomic mass is 28.4. The minimum absolute atomic E-state index is 0.226. The molecule has 1 spiro atoms. The molecule has 1 fully saturated rings. The van der Waals surface area contributed by atoms with Crippen molar-refractivity contribution in [1.82, 2.24) is 4.98 Å². The van der Waals surface area contributed by atoms with Gasteiger partial charge in [-0.3, -0.25) is 4.98 Å². The van der Waals surface area contributed by atoms with Crippen LogP contribution in [0.2, 0.25) is 18.1 Å². The molecule has 3 rings (SSSR count). The molecule has 0 amide bonds. The number of hydrogen-bond acceptors (Lipinski definition) is 5. The molecule has 0 unspecified atom stereocenters. The molecule has 0 radical (unpaired) electrons. The molecule has 2 heterocycles. The second-order valence-electron chi connectivity index (χ2n) is 7.47. The molecule has 1 aromatic rings. The quantitative estimate of drug-likeness (QED) is 0.360. The third-order valence-corrected chi connectivity index (χ3v) is 10.8. The van der Waals surface area contributed by atoms with Crippen LogP contribution in [0.15, 0.2) is 30.0 Å². The molecule has 1 aliphatic carbocycles. The Kier molecular flexibility index (Phi) is 5.94. The predicted octanol–water partition coefficient (Wildman–Crippen LogP) is 5.29. The van der Waals surface area contributed by atoms with Crippen molar-refractivity contribution in [2.24, 2.45) is 0 Å². The van der Waals surface area contributed by atoms with Gasteiger partial charge in [0.2, 0.25) is 0 Å². The van der Waals surface area contributed by atoms with Crippen molar-refractivity contribution in [3.63, 3.8) is 0 Å². The average molecular weight is 390 g/mol. The fraction of sp³-hybridized carbons (Fsp3) is 0.619. The van der Waals surface area contributed by atoms with Gasteiger partial charge < -0.3 is 13.9 Å². The average Bonchev–Trinajstić information content (AvgIpc) is 2.98. The minimum Gasteiger partial charge on any atom is -0.519 e. The summed E-state index contributed by atoms with van der Waals surface area (Å²) in [6, 6.07) is 5.02. The van der Waals surface area contributed by atoms with E-state index in [0.717, 1.165) is 55.3 Å². The molecule has 27 heavy (non-hydrogen) atoms. The summed E-state index contributed by atoms with van der Waals surface area (Å²) >= 11 is 0. The van der Waals surface area contributed by atoms with Gasteiger partial charge in [-0.2, -0.15) is 0 Å². The molecule has 2 aliphatic rings. The maximum atomic E-state index is 12.3. The lowest BCUT2D eigenvalue weighted by Gasteiger charge is -2.36. The van der Waals surface area contributed by atoms with Crippen LogP contribution in [0.5, 0.6) is 0 Å². The van der Waals surface area contributed by atoms with E-state index >= 15 is 0 Å². The van der Waals surface area contributed by atoms with Crippen LogP contribution in [-0.2, 0) is 19.5 Å². The van der Waals surface area contributed by atoms with E-state index in [-0.39, 0.29) is 5.97 Å². The normalized spacial score (nSPS) is 21.8. The molecule has 0 aromatic carbocycles. The fourth-order valence-corrected chi connectivity index (χ4v) is 6.78. The van der Waals surface area contributed by atoms with Crippen molar-refractivity contribution in [2.75, 3.05) is 6.61 Å². The molecule has 5 nitrogen and oxygen atoms in total. The van der Waals surface area contributed by atoms with Crippen LogP contribution in [0, 0.1) is 0 Å². The number of fused-ring (bicyclic) bond motifs is 2. The minimum atomic E-state index is -1.79. The smallest absolute Gasteiger partial charge is 0.339 e. The lowest BCUT2D eigenvalue weighted by Crippen LogP contribution is -2.37. The van der Waals surface area contributed by atoms with Gasteiger partial charge in [-0.1, -0.05) is 20.8 Å². The summed E-state index contributed by atoms with van der Waals surface area (Å²) in [4.78, 5) is 16.5. The number of ether oxygens (including phenoxy) is 2. The first-order valence-electron chi connectivity index (χ1n) is 10.2. The summed E-state index contributed by atoms with van der Waals surface area (Å²) in [5.74, 6) is 0.524. The maximum absolute atomic E-state index is 12.3. The zero-order valence-electron chi connectivity index (χ0n) is 17.0. The Balaban J connectivity index is 1.83. The molecule has 0 saturated heterocycles. The topological polar surface area (TPSA) is 57.7 Å². The van der Waals surface area contributed by atoms with Crippen LogP contribution in [0.25, 0.3) is 0 Å². The molecular formula is C21H31NO4Si.